The van der Waals surface area contributed by atoms with Gasteiger partial charge in [0.25, 0.3) is 0 Å². The Kier molecular flexibility index (Phi) is 13.6. The molecule has 8 heterocycles. The highest BCUT2D eigenvalue weighted by Crippen LogP contribution is 2.49. The molecule has 386 valence electrons. The van der Waals surface area contributed by atoms with E-state index in [4.69, 9.17) is 33.9 Å². The summed E-state index contributed by atoms with van der Waals surface area (Å²) in [5, 5.41) is 7.35. The number of hydrogen-bond donors (Lipinski definition) is 4. The summed E-state index contributed by atoms with van der Waals surface area (Å²) in [6.45, 7) is 13.4. The van der Waals surface area contributed by atoms with Crippen molar-refractivity contribution in [1.82, 2.24) is 49.9 Å². The van der Waals surface area contributed by atoms with Crippen molar-refractivity contribution in [2.75, 3.05) is 33.9 Å². The van der Waals surface area contributed by atoms with Gasteiger partial charge in [0.05, 0.1) is 82.3 Å². The van der Waals surface area contributed by atoms with Crippen LogP contribution >= 0.6 is 11.3 Å². The summed E-state index contributed by atoms with van der Waals surface area (Å²) in [6.07, 6.45) is 7.42. The van der Waals surface area contributed by atoms with Crippen molar-refractivity contribution in [2.24, 2.45) is 11.8 Å². The van der Waals surface area contributed by atoms with Crippen LogP contribution in [0.25, 0.3) is 44.7 Å². The molecule has 0 spiro atoms. The fourth-order valence-corrected chi connectivity index (χ4v) is 12.0. The van der Waals surface area contributed by atoms with Gasteiger partial charge in [-0.3, -0.25) is 14.2 Å². The normalized spacial score (nSPS) is 21.2. The Labute approximate surface area is 426 Å². The van der Waals surface area contributed by atoms with Crippen LogP contribution in [0.15, 0.2) is 55.0 Å². The van der Waals surface area contributed by atoms with Crippen molar-refractivity contribution >= 4 is 46.2 Å². The molecule has 4 aliphatic heterocycles. The fraction of sp³-hybridized carbons (Fsp3) is 0.491. The Balaban J connectivity index is 0.953. The van der Waals surface area contributed by atoms with Gasteiger partial charge < -0.3 is 49.3 Å². The first kappa shape index (κ1) is 49.8. The predicted octanol–water partition coefficient (Wildman–Crippen LogP) is 9.38. The monoisotopic (exact) mass is 1020 g/mol. The third-order valence-corrected chi connectivity index (χ3v) is 16.1. The second-order valence-corrected chi connectivity index (χ2v) is 21.9. The number of fused-ring (bicyclic) bond motifs is 5. The van der Waals surface area contributed by atoms with E-state index in [0.29, 0.717) is 85.3 Å². The first-order valence-corrected chi connectivity index (χ1v) is 26.0. The Hall–Kier alpha value is -6.80. The van der Waals surface area contributed by atoms with Crippen LogP contribution in [0.2, 0.25) is 0 Å². The van der Waals surface area contributed by atoms with Crippen LogP contribution in [0.3, 0.4) is 0 Å². The van der Waals surface area contributed by atoms with E-state index >= 15 is 4.39 Å². The maximum Gasteiger partial charge on any atom is 0.407 e. The van der Waals surface area contributed by atoms with Crippen LogP contribution in [-0.2, 0) is 23.8 Å². The van der Waals surface area contributed by atoms with E-state index in [2.05, 4.69) is 34.4 Å². The number of halogens is 1. The zero-order chi connectivity index (χ0) is 51.5. The van der Waals surface area contributed by atoms with Crippen molar-refractivity contribution in [1.29, 1.82) is 0 Å². The van der Waals surface area contributed by atoms with Crippen LogP contribution < -0.4 is 15.4 Å². The van der Waals surface area contributed by atoms with E-state index < -0.39 is 41.9 Å². The molecule has 0 aliphatic carbocycles. The number of aromatic amines is 2. The number of likely N-dealkylation sites (tertiary alicyclic amines) is 2. The van der Waals surface area contributed by atoms with Gasteiger partial charge in [-0.25, -0.2) is 28.9 Å². The number of thiazole rings is 1. The molecule has 6 atom stereocenters. The van der Waals surface area contributed by atoms with Gasteiger partial charge in [0, 0.05) is 48.3 Å². The molecule has 0 saturated carbocycles. The molecule has 73 heavy (non-hydrogen) atoms. The molecule has 2 aromatic carbocycles. The minimum Gasteiger partial charge on any atom is -0.464 e. The van der Waals surface area contributed by atoms with Crippen LogP contribution in [0.5, 0.6) is 5.75 Å². The Morgan fingerprint density at radius 2 is 1.48 bits per heavy atom. The fourth-order valence-electron chi connectivity index (χ4n) is 11.1. The van der Waals surface area contributed by atoms with Crippen LogP contribution in [0.4, 0.5) is 14.0 Å². The number of nitrogens with one attached hydrogen (secondary N) is 4. The summed E-state index contributed by atoms with van der Waals surface area (Å²) in [7, 11) is 2.56. The van der Waals surface area contributed by atoms with E-state index in [-0.39, 0.29) is 41.7 Å². The Morgan fingerprint density at radius 1 is 0.822 bits per heavy atom. The van der Waals surface area contributed by atoms with Crippen LogP contribution in [0, 0.1) is 17.7 Å². The maximum absolute atomic E-state index is 17.0. The van der Waals surface area contributed by atoms with Crippen LogP contribution in [0.1, 0.15) is 126 Å². The van der Waals surface area contributed by atoms with Crippen LogP contribution in [-0.4, -0.2) is 115 Å². The number of carbonyl (C=O) groups is 4. The largest absolute Gasteiger partial charge is 0.464 e. The number of alkyl carbamates (subject to hydrolysis) is 2. The van der Waals surface area contributed by atoms with E-state index in [9.17, 15) is 19.2 Å². The van der Waals surface area contributed by atoms with Gasteiger partial charge in [0.2, 0.25) is 18.0 Å². The molecule has 3 fully saturated rings. The van der Waals surface area contributed by atoms with Gasteiger partial charge in [-0.15, -0.1) is 11.3 Å². The molecule has 20 heteroatoms. The summed E-state index contributed by atoms with van der Waals surface area (Å²) in [4.78, 5) is 78.6. The quantitative estimate of drug-likeness (QED) is 0.0907. The third kappa shape index (κ3) is 9.54. The van der Waals surface area contributed by atoms with Crippen molar-refractivity contribution < 1.29 is 42.5 Å². The first-order valence-electron chi connectivity index (χ1n) is 25.2. The van der Waals surface area contributed by atoms with Gasteiger partial charge in [0.15, 0.2) is 0 Å². The number of carbonyl (C=O) groups excluding carboxylic acids is 4. The minimum absolute atomic E-state index is 0.134. The number of nitrogens with zero attached hydrogens (tertiary/aromatic N) is 6. The Bertz CT molecular complexity index is 3070. The molecular weight excluding hydrogens is 956 g/mol. The Morgan fingerprint density at radius 3 is 2.11 bits per heavy atom. The zero-order valence-corrected chi connectivity index (χ0v) is 43.2. The number of benzene rings is 2. The molecule has 18 nitrogen and oxygen atoms in total. The molecule has 0 radical (unpaired) electrons. The van der Waals surface area contributed by atoms with Crippen molar-refractivity contribution in [2.45, 2.75) is 122 Å². The lowest BCUT2D eigenvalue weighted by Gasteiger charge is -2.40. The topological polar surface area (TPSA) is 211 Å². The van der Waals surface area contributed by atoms with Crippen molar-refractivity contribution in [3.63, 3.8) is 0 Å². The molecule has 0 bridgehead atoms. The lowest BCUT2D eigenvalue weighted by atomic mass is 9.82. The highest BCUT2D eigenvalue weighted by Gasteiger charge is 2.43. The number of ether oxygens (including phenoxy) is 4. The second-order valence-electron chi connectivity index (χ2n) is 20.8. The smallest absolute Gasteiger partial charge is 0.407 e. The summed E-state index contributed by atoms with van der Waals surface area (Å²) in [6, 6.07) is 9.09. The highest BCUT2D eigenvalue weighted by atomic mass is 32.1. The summed E-state index contributed by atoms with van der Waals surface area (Å²) in [5.41, 5.74) is 4.05. The lowest BCUT2D eigenvalue weighted by molar-refractivity contribution is -0.139. The van der Waals surface area contributed by atoms with E-state index in [1.807, 2.05) is 73.7 Å². The zero-order valence-electron chi connectivity index (χ0n) is 42.4. The number of amides is 4. The SMILES string of the molecule is COC(=O)N[C@H](C(=O)N1CCC[C@H]1c1ncc(-c2cc(F)c3c(c2)O[C@@H](c2cnc(C(C)C)s2)n2c-3cc3cc(-c4cnc([C@@H]5CCCN5C(=O)[C@@H](NC(=O)OC)[C@@H]5CCOC(C)(C)C5)[nH]4)ccc32)[nH]1)C(C)C. The van der Waals surface area contributed by atoms with E-state index in [1.165, 1.54) is 20.3 Å². The molecule has 4 aromatic heterocycles. The van der Waals surface area contributed by atoms with Gasteiger partial charge in [-0.05, 0) is 94.5 Å². The summed E-state index contributed by atoms with van der Waals surface area (Å²) >= 11 is 1.56. The summed E-state index contributed by atoms with van der Waals surface area (Å²) in [5.74, 6) is 0.574. The number of methoxy groups -OCH3 is 2. The van der Waals surface area contributed by atoms with Crippen molar-refractivity contribution in [3.05, 3.63) is 82.3 Å². The van der Waals surface area contributed by atoms with E-state index in [0.717, 1.165) is 44.9 Å². The van der Waals surface area contributed by atoms with Crippen molar-refractivity contribution in [3.8, 4) is 39.5 Å². The first-order chi connectivity index (χ1) is 35.0. The number of hydrogen-bond acceptors (Lipinski definition) is 12. The second kappa shape index (κ2) is 19.9. The summed E-state index contributed by atoms with van der Waals surface area (Å²) < 4.78 is 41.6. The molecule has 10 rings (SSSR count). The van der Waals surface area contributed by atoms with Gasteiger partial charge >= 0.3 is 12.2 Å². The molecule has 4 aliphatic rings. The molecule has 0 unspecified atom stereocenters. The standard InChI is InChI=1S/C53H63FN10O8S/c1-27(2)43(60-51(67)69-7)48(65)62-16-9-11-37(62)46-56-25-35(59-46)31-20-33(54)42-39-21-32-19-29(13-14-36(32)64(39)50(72-40(42)22-31)41-26-57-47(73-41)28(3)4)34-24-55-45(58-34)38-12-10-17-63(38)49(66)44(61-52(68)70-8)30-15-18-71-53(5,6)23-30/h13-14,19-22,24-28,30,37-38,43-44,50H,9-12,15-18,23H2,1-8H3,(H,55,58)(H,56,59)(H,60,67)(H,61,68)/t30-,37+,38+,43+,44+,50+/m1/s1. The van der Waals surface area contributed by atoms with Gasteiger partial charge in [-0.2, -0.15) is 0 Å². The van der Waals surface area contributed by atoms with Gasteiger partial charge in [0.1, 0.15) is 35.3 Å². The predicted molar refractivity (Wildman–Crippen MR) is 271 cm³/mol. The number of aromatic nitrogens is 6. The van der Waals surface area contributed by atoms with Gasteiger partial charge in [-0.1, -0.05) is 33.8 Å². The molecule has 6 aromatic rings. The maximum atomic E-state index is 17.0. The molecule has 4 amide bonds. The minimum atomic E-state index is -0.780. The highest BCUT2D eigenvalue weighted by molar-refractivity contribution is 7.11. The average molecular weight is 1020 g/mol. The molecule has 3 saturated heterocycles. The number of imidazole rings is 2. The number of H-pyrrole nitrogens is 2. The number of rotatable bonds is 12. The molecule has 4 N–H and O–H groups in total. The average Bonchev–Trinajstić information content (AvgIpc) is 4.23. The lowest BCUT2D eigenvalue weighted by Crippen LogP contribution is -2.54. The molecular formula is C53H63FN10O8S. The third-order valence-electron chi connectivity index (χ3n) is 14.7. The van der Waals surface area contributed by atoms with E-state index in [1.54, 1.807) is 28.6 Å².